The zero-order chi connectivity index (χ0) is 26.0. The highest BCUT2D eigenvalue weighted by atomic mass is 79.9. The minimum Gasteiger partial charge on any atom is -0.503 e. The number of methoxy groups -OCH3 is 1. The number of benzene rings is 2. The lowest BCUT2D eigenvalue weighted by Crippen LogP contribution is -2.34. The van der Waals surface area contributed by atoms with E-state index in [2.05, 4.69) is 15.9 Å². The minimum atomic E-state index is -0.868. The van der Waals surface area contributed by atoms with E-state index in [1.54, 1.807) is 36.4 Å². The molecule has 1 N–H and O–H groups in total. The predicted octanol–water partition coefficient (Wildman–Crippen LogP) is 5.61. The fourth-order valence-corrected chi connectivity index (χ4v) is 4.60. The Kier molecular flexibility index (Phi) is 7.70. The molecule has 4 rings (SSSR count). The van der Waals surface area contributed by atoms with Gasteiger partial charge >= 0.3 is 0 Å². The highest BCUT2D eigenvalue weighted by molar-refractivity contribution is 9.10. The van der Waals surface area contributed by atoms with Gasteiger partial charge in [-0.3, -0.25) is 9.59 Å². The third kappa shape index (κ3) is 4.99. The molecule has 190 valence electrons. The van der Waals surface area contributed by atoms with Crippen molar-refractivity contribution in [3.8, 4) is 11.5 Å². The molecule has 1 aliphatic heterocycles. The van der Waals surface area contributed by atoms with Crippen LogP contribution >= 0.6 is 15.9 Å². The molecule has 0 aliphatic carbocycles. The molecule has 0 fully saturated rings. The minimum absolute atomic E-state index is 0.0286. The van der Waals surface area contributed by atoms with E-state index in [-0.39, 0.29) is 30.6 Å². The first-order valence-corrected chi connectivity index (χ1v) is 12.4. The van der Waals surface area contributed by atoms with Gasteiger partial charge in [-0.1, -0.05) is 22.0 Å². The van der Waals surface area contributed by atoms with Gasteiger partial charge in [0, 0.05) is 23.5 Å². The lowest BCUT2D eigenvalue weighted by atomic mass is 9.94. The molecule has 2 heterocycles. The Hall–Kier alpha value is -3.30. The molecule has 8 nitrogen and oxygen atoms in total. The van der Waals surface area contributed by atoms with Gasteiger partial charge < -0.3 is 28.6 Å². The Morgan fingerprint density at radius 3 is 2.64 bits per heavy atom. The molecule has 1 aliphatic rings. The number of amides is 1. The molecule has 0 saturated heterocycles. The van der Waals surface area contributed by atoms with Gasteiger partial charge in [0.15, 0.2) is 23.0 Å². The summed E-state index contributed by atoms with van der Waals surface area (Å²) in [7, 11) is 1.52. The quantitative estimate of drug-likeness (QED) is 0.323. The molecule has 1 amide bonds. The largest absolute Gasteiger partial charge is 0.503 e. The SMILES string of the molecule is CCOc1cc(C2C(C(=O)c3cc4cc(Br)ccc4o3)=C(O)C(=O)N2CCOC)ccc1OC(C)C. The van der Waals surface area contributed by atoms with Gasteiger partial charge in [0.05, 0.1) is 30.9 Å². The van der Waals surface area contributed by atoms with Crippen LogP contribution in [-0.2, 0) is 9.53 Å². The number of aliphatic hydroxyl groups is 1. The van der Waals surface area contributed by atoms with Gasteiger partial charge in [0.25, 0.3) is 5.91 Å². The van der Waals surface area contributed by atoms with E-state index in [9.17, 15) is 14.7 Å². The second kappa shape index (κ2) is 10.8. The molecular formula is C27H28BrNO7. The number of nitrogens with zero attached hydrogens (tertiary/aromatic N) is 1. The number of aliphatic hydroxyl groups excluding tert-OH is 1. The van der Waals surface area contributed by atoms with Crippen LogP contribution in [0.4, 0.5) is 0 Å². The summed E-state index contributed by atoms with van der Waals surface area (Å²) in [6.45, 7) is 6.47. The third-order valence-electron chi connectivity index (χ3n) is 5.73. The average Bonchev–Trinajstić information content (AvgIpc) is 3.37. The number of hydrogen-bond donors (Lipinski definition) is 1. The van der Waals surface area contributed by atoms with Crippen molar-refractivity contribution in [2.45, 2.75) is 32.9 Å². The molecule has 3 aromatic rings. The summed E-state index contributed by atoms with van der Waals surface area (Å²) in [6.07, 6.45) is -0.0736. The first-order chi connectivity index (χ1) is 17.2. The van der Waals surface area contributed by atoms with Crippen LogP contribution in [0, 0.1) is 0 Å². The second-order valence-corrected chi connectivity index (χ2v) is 9.50. The number of carbonyl (C=O) groups is 2. The first-order valence-electron chi connectivity index (χ1n) is 11.6. The molecule has 2 aromatic carbocycles. The first kappa shape index (κ1) is 25.8. The molecule has 36 heavy (non-hydrogen) atoms. The summed E-state index contributed by atoms with van der Waals surface area (Å²) in [5.41, 5.74) is 1.05. The monoisotopic (exact) mass is 557 g/mol. The number of rotatable bonds is 10. The molecule has 0 radical (unpaired) electrons. The summed E-state index contributed by atoms with van der Waals surface area (Å²) < 4.78 is 23.5. The Bertz CT molecular complexity index is 1330. The number of hydrogen-bond acceptors (Lipinski definition) is 7. The summed E-state index contributed by atoms with van der Waals surface area (Å²) >= 11 is 3.41. The summed E-state index contributed by atoms with van der Waals surface area (Å²) in [5, 5.41) is 11.6. The maximum atomic E-state index is 13.7. The number of furan rings is 1. The van der Waals surface area contributed by atoms with Crippen LogP contribution in [0.25, 0.3) is 11.0 Å². The standard InChI is InChI=1S/C27H28BrNO7/c1-5-34-21-13-16(6-8-20(21)35-15(2)3)24-23(26(31)27(32)29(24)10-11-33-4)25(30)22-14-17-12-18(28)7-9-19(17)36-22/h6-9,12-15,24,31H,5,10-11H2,1-4H3. The number of fused-ring (bicyclic) bond motifs is 1. The van der Waals surface area contributed by atoms with Gasteiger partial charge in [-0.2, -0.15) is 0 Å². The van der Waals surface area contributed by atoms with Crippen LogP contribution in [0.3, 0.4) is 0 Å². The van der Waals surface area contributed by atoms with E-state index in [0.29, 0.717) is 29.3 Å². The zero-order valence-electron chi connectivity index (χ0n) is 20.5. The van der Waals surface area contributed by atoms with Crippen molar-refractivity contribution in [3.63, 3.8) is 0 Å². The van der Waals surface area contributed by atoms with Gasteiger partial charge in [0.2, 0.25) is 5.78 Å². The van der Waals surface area contributed by atoms with Crippen molar-refractivity contribution in [2.24, 2.45) is 0 Å². The highest BCUT2D eigenvalue weighted by Crippen LogP contribution is 2.42. The average molecular weight is 558 g/mol. The zero-order valence-corrected chi connectivity index (χ0v) is 22.1. The Morgan fingerprint density at radius 2 is 1.94 bits per heavy atom. The third-order valence-corrected chi connectivity index (χ3v) is 6.23. The molecule has 0 spiro atoms. The number of ketones is 1. The fourth-order valence-electron chi connectivity index (χ4n) is 4.23. The van der Waals surface area contributed by atoms with Crippen LogP contribution in [0.2, 0.25) is 0 Å². The summed E-state index contributed by atoms with van der Waals surface area (Å²) in [6, 6.07) is 11.4. The maximum Gasteiger partial charge on any atom is 0.290 e. The normalized spacial score (nSPS) is 15.9. The predicted molar refractivity (Wildman–Crippen MR) is 138 cm³/mol. The van der Waals surface area contributed by atoms with E-state index >= 15 is 0 Å². The number of Topliss-reactive ketones (excluding diaryl/α,β-unsaturated/α-hetero) is 1. The molecule has 0 bridgehead atoms. The smallest absolute Gasteiger partial charge is 0.290 e. The van der Waals surface area contributed by atoms with Crippen LogP contribution in [0.5, 0.6) is 11.5 Å². The molecule has 9 heteroatoms. The maximum absolute atomic E-state index is 13.7. The van der Waals surface area contributed by atoms with Crippen molar-refractivity contribution in [1.82, 2.24) is 4.90 Å². The number of halogens is 1. The van der Waals surface area contributed by atoms with E-state index in [1.807, 2.05) is 26.8 Å². The van der Waals surface area contributed by atoms with Crippen molar-refractivity contribution < 1.29 is 33.3 Å². The van der Waals surface area contributed by atoms with E-state index < -0.39 is 23.5 Å². The van der Waals surface area contributed by atoms with Gasteiger partial charge in [-0.25, -0.2) is 0 Å². The van der Waals surface area contributed by atoms with Gasteiger partial charge in [-0.05, 0) is 62.7 Å². The van der Waals surface area contributed by atoms with E-state index in [1.165, 1.54) is 12.0 Å². The van der Waals surface area contributed by atoms with Crippen LogP contribution in [0.15, 0.2) is 62.7 Å². The highest BCUT2D eigenvalue weighted by Gasteiger charge is 2.44. The Balaban J connectivity index is 1.81. The Labute approximate surface area is 217 Å². The fraction of sp³-hybridized carbons (Fsp3) is 0.333. The van der Waals surface area contributed by atoms with Crippen molar-refractivity contribution in [2.75, 3.05) is 26.9 Å². The molecule has 1 unspecified atom stereocenters. The molecular weight excluding hydrogens is 530 g/mol. The van der Waals surface area contributed by atoms with Crippen molar-refractivity contribution >= 4 is 38.6 Å². The lowest BCUT2D eigenvalue weighted by molar-refractivity contribution is -0.130. The molecule has 1 aromatic heterocycles. The van der Waals surface area contributed by atoms with Crippen molar-refractivity contribution in [3.05, 3.63) is 69.6 Å². The van der Waals surface area contributed by atoms with Gasteiger partial charge in [0.1, 0.15) is 5.58 Å². The topological polar surface area (TPSA) is 98.4 Å². The van der Waals surface area contributed by atoms with Gasteiger partial charge in [-0.15, -0.1) is 0 Å². The van der Waals surface area contributed by atoms with Crippen LogP contribution in [-0.4, -0.2) is 54.7 Å². The number of carbonyl (C=O) groups excluding carboxylic acids is 2. The van der Waals surface area contributed by atoms with Crippen molar-refractivity contribution in [1.29, 1.82) is 0 Å². The summed E-state index contributed by atoms with van der Waals surface area (Å²) in [4.78, 5) is 28.2. The lowest BCUT2D eigenvalue weighted by Gasteiger charge is -2.27. The van der Waals surface area contributed by atoms with Crippen LogP contribution < -0.4 is 9.47 Å². The molecule has 0 saturated carbocycles. The van der Waals surface area contributed by atoms with Crippen LogP contribution in [0.1, 0.15) is 42.9 Å². The van der Waals surface area contributed by atoms with E-state index in [4.69, 9.17) is 18.6 Å². The molecule has 1 atom stereocenters. The second-order valence-electron chi connectivity index (χ2n) is 8.58. The Morgan fingerprint density at radius 1 is 1.17 bits per heavy atom. The van der Waals surface area contributed by atoms with E-state index in [0.717, 1.165) is 9.86 Å². The number of ether oxygens (including phenoxy) is 3. The summed E-state index contributed by atoms with van der Waals surface area (Å²) in [5.74, 6) is -0.774.